The van der Waals surface area contributed by atoms with Gasteiger partial charge in [0.25, 0.3) is 5.91 Å². The van der Waals surface area contributed by atoms with Crippen LogP contribution in [0.2, 0.25) is 0 Å². The second-order valence-electron chi connectivity index (χ2n) is 7.01. The van der Waals surface area contributed by atoms with Crippen LogP contribution in [0.15, 0.2) is 64.9 Å². The summed E-state index contributed by atoms with van der Waals surface area (Å²) in [7, 11) is -3.56. The number of halogens is 1. The third-order valence-corrected chi connectivity index (χ3v) is 7.67. The molecule has 33 heavy (non-hydrogen) atoms. The zero-order valence-corrected chi connectivity index (χ0v) is 18.8. The zero-order chi connectivity index (χ0) is 23.3. The van der Waals surface area contributed by atoms with Gasteiger partial charge in [0, 0.05) is 18.4 Å². The molecule has 1 aliphatic heterocycles. The van der Waals surface area contributed by atoms with Crippen LogP contribution in [0.1, 0.15) is 17.7 Å². The number of hydrogen-bond donors (Lipinski definition) is 1. The summed E-state index contributed by atoms with van der Waals surface area (Å²) in [4.78, 5) is 26.2. The van der Waals surface area contributed by atoms with Crippen LogP contribution >= 0.6 is 11.3 Å². The number of hydrogen-bond acceptors (Lipinski definition) is 9. The molecule has 3 aromatic rings. The molecule has 0 radical (unpaired) electrons. The second-order valence-corrected chi connectivity index (χ2v) is 10.2. The molecule has 2 aromatic heterocycles. The highest BCUT2D eigenvalue weighted by atomic mass is 32.2. The Morgan fingerprint density at radius 3 is 2.70 bits per heavy atom. The summed E-state index contributed by atoms with van der Waals surface area (Å²) in [6, 6.07) is 11.0. The van der Waals surface area contributed by atoms with Crippen molar-refractivity contribution in [1.82, 2.24) is 9.97 Å². The number of oxime groups is 1. The first-order valence-corrected chi connectivity index (χ1v) is 12.2. The van der Waals surface area contributed by atoms with Gasteiger partial charge in [0.2, 0.25) is 0 Å². The van der Waals surface area contributed by atoms with E-state index in [2.05, 4.69) is 20.4 Å². The van der Waals surface area contributed by atoms with Crippen LogP contribution in [0, 0.1) is 5.13 Å². The van der Waals surface area contributed by atoms with E-state index in [0.717, 1.165) is 6.20 Å². The number of carbonyl (C=O) groups is 1. The van der Waals surface area contributed by atoms with Crippen LogP contribution in [0.25, 0.3) is 0 Å². The van der Waals surface area contributed by atoms with Crippen LogP contribution in [0.5, 0.6) is 0 Å². The van der Waals surface area contributed by atoms with Crippen LogP contribution in [-0.2, 0) is 30.8 Å². The lowest BCUT2D eigenvalue weighted by molar-refractivity contribution is -0.110. The molecule has 0 unspecified atom stereocenters. The van der Waals surface area contributed by atoms with Crippen LogP contribution in [0.4, 0.5) is 9.52 Å². The molecule has 3 heterocycles. The minimum Gasteiger partial charge on any atom is -0.389 e. The first kappa shape index (κ1) is 23.0. The molecule has 12 heteroatoms. The van der Waals surface area contributed by atoms with E-state index in [0.29, 0.717) is 35.6 Å². The first-order valence-electron chi connectivity index (χ1n) is 9.88. The predicted molar refractivity (Wildman–Crippen MR) is 119 cm³/mol. The van der Waals surface area contributed by atoms with E-state index < -0.39 is 26.1 Å². The molecule has 1 aliphatic rings. The Balaban J connectivity index is 1.57. The van der Waals surface area contributed by atoms with Crippen molar-refractivity contribution in [3.63, 3.8) is 0 Å². The Kier molecular flexibility index (Phi) is 7.06. The largest absolute Gasteiger partial charge is 0.389 e. The molecular formula is C21H19FN4O5S2. The predicted octanol–water partition coefficient (Wildman–Crippen LogP) is 2.80. The van der Waals surface area contributed by atoms with Gasteiger partial charge in [-0.2, -0.15) is 4.39 Å². The van der Waals surface area contributed by atoms with Crippen molar-refractivity contribution in [2.24, 2.45) is 5.16 Å². The Bertz CT molecular complexity index is 1240. The van der Waals surface area contributed by atoms with Crippen molar-refractivity contribution in [3.8, 4) is 0 Å². The fourth-order valence-electron chi connectivity index (χ4n) is 3.09. The van der Waals surface area contributed by atoms with Crippen LogP contribution in [0.3, 0.4) is 0 Å². The van der Waals surface area contributed by atoms with Gasteiger partial charge < -0.3 is 9.57 Å². The summed E-state index contributed by atoms with van der Waals surface area (Å²) >= 11 is 0.663. The topological polar surface area (TPSA) is 120 Å². The van der Waals surface area contributed by atoms with Crippen LogP contribution < -0.4 is 5.32 Å². The molecule has 0 aliphatic carbocycles. The SMILES string of the molecule is O=C(Nc1ncc(F)s1)C(=NOCc1ccccn1)c1ccc(S(=O)(=O)[C@H]2CCOC2)cc1. The maximum absolute atomic E-state index is 13.3. The summed E-state index contributed by atoms with van der Waals surface area (Å²) in [6.07, 6.45) is 3.02. The second kappa shape index (κ2) is 10.1. The van der Waals surface area contributed by atoms with Gasteiger partial charge in [0.05, 0.1) is 28.6 Å². The van der Waals surface area contributed by atoms with Gasteiger partial charge in [-0.15, -0.1) is 0 Å². The van der Waals surface area contributed by atoms with Gasteiger partial charge in [0.15, 0.2) is 32.4 Å². The quantitative estimate of drug-likeness (QED) is 0.381. The highest BCUT2D eigenvalue weighted by molar-refractivity contribution is 7.92. The van der Waals surface area contributed by atoms with Gasteiger partial charge in [0.1, 0.15) is 0 Å². The minimum absolute atomic E-state index is 0.0116. The summed E-state index contributed by atoms with van der Waals surface area (Å²) in [5.74, 6) is -0.690. The van der Waals surface area contributed by atoms with E-state index >= 15 is 0 Å². The number of pyridine rings is 1. The van der Waals surface area contributed by atoms with Crippen molar-refractivity contribution in [1.29, 1.82) is 0 Å². The number of ether oxygens (including phenoxy) is 1. The summed E-state index contributed by atoms with van der Waals surface area (Å²) < 4.78 is 44.0. The Hall–Kier alpha value is -3.22. The minimum atomic E-state index is -3.56. The van der Waals surface area contributed by atoms with Gasteiger partial charge >= 0.3 is 0 Å². The zero-order valence-electron chi connectivity index (χ0n) is 17.2. The van der Waals surface area contributed by atoms with Crippen molar-refractivity contribution in [2.75, 3.05) is 18.5 Å². The average Bonchev–Trinajstić information content (AvgIpc) is 3.50. The number of anilines is 1. The van der Waals surface area contributed by atoms with Gasteiger partial charge in [-0.05, 0) is 30.7 Å². The average molecular weight is 491 g/mol. The molecule has 1 amide bonds. The Labute approximate surface area is 193 Å². The fraction of sp³-hybridized carbons (Fsp3) is 0.238. The number of rotatable bonds is 8. The highest BCUT2D eigenvalue weighted by Crippen LogP contribution is 2.23. The van der Waals surface area contributed by atoms with E-state index in [1.165, 1.54) is 24.3 Å². The van der Waals surface area contributed by atoms with Gasteiger partial charge in [-0.3, -0.25) is 15.1 Å². The number of thiazole rings is 1. The summed E-state index contributed by atoms with van der Waals surface area (Å²) in [5, 5.41) is 5.31. The lowest BCUT2D eigenvalue weighted by Gasteiger charge is -2.11. The molecule has 1 atom stereocenters. The summed E-state index contributed by atoms with van der Waals surface area (Å²) in [6.45, 7) is 0.576. The number of sulfone groups is 1. The number of nitrogens with zero attached hydrogens (tertiary/aromatic N) is 3. The van der Waals surface area contributed by atoms with E-state index in [1.54, 1.807) is 24.4 Å². The monoisotopic (exact) mass is 490 g/mol. The maximum Gasteiger partial charge on any atom is 0.280 e. The maximum atomic E-state index is 13.3. The third kappa shape index (κ3) is 5.59. The van der Waals surface area contributed by atoms with Crippen molar-refractivity contribution in [2.45, 2.75) is 23.2 Å². The molecule has 0 bridgehead atoms. The molecular weight excluding hydrogens is 471 g/mol. The van der Waals surface area contributed by atoms with E-state index in [4.69, 9.17) is 9.57 Å². The number of carbonyl (C=O) groups excluding carboxylic acids is 1. The van der Waals surface area contributed by atoms with Crippen molar-refractivity contribution >= 4 is 37.9 Å². The molecule has 1 N–H and O–H groups in total. The molecule has 0 saturated carbocycles. The van der Waals surface area contributed by atoms with Crippen LogP contribution in [-0.4, -0.2) is 48.5 Å². The number of amides is 1. The van der Waals surface area contributed by atoms with E-state index in [-0.39, 0.29) is 29.0 Å². The smallest absolute Gasteiger partial charge is 0.280 e. The lowest BCUT2D eigenvalue weighted by atomic mass is 10.1. The molecule has 172 valence electrons. The fourth-order valence-corrected chi connectivity index (χ4v) is 5.21. The van der Waals surface area contributed by atoms with E-state index in [9.17, 15) is 17.6 Å². The van der Waals surface area contributed by atoms with E-state index in [1.807, 2.05) is 0 Å². The first-order chi connectivity index (χ1) is 15.9. The van der Waals surface area contributed by atoms with Crippen molar-refractivity contribution in [3.05, 3.63) is 71.2 Å². The molecule has 1 aromatic carbocycles. The molecule has 0 spiro atoms. The van der Waals surface area contributed by atoms with Gasteiger partial charge in [-0.25, -0.2) is 13.4 Å². The molecule has 1 fully saturated rings. The van der Waals surface area contributed by atoms with Crippen molar-refractivity contribution < 1.29 is 27.2 Å². The normalized spacial score (nSPS) is 16.5. The number of benzene rings is 1. The Morgan fingerprint density at radius 2 is 2.06 bits per heavy atom. The lowest BCUT2D eigenvalue weighted by Crippen LogP contribution is -2.25. The van der Waals surface area contributed by atoms with Gasteiger partial charge in [-0.1, -0.05) is 34.7 Å². The third-order valence-electron chi connectivity index (χ3n) is 4.79. The summed E-state index contributed by atoms with van der Waals surface area (Å²) in [5.41, 5.74) is 0.782. The number of nitrogens with one attached hydrogen (secondary N) is 1. The molecule has 9 nitrogen and oxygen atoms in total. The molecule has 4 rings (SSSR count). The Morgan fingerprint density at radius 1 is 1.24 bits per heavy atom. The number of aromatic nitrogens is 2. The standard InChI is InChI=1S/C21H19FN4O5S2/c22-18-11-24-21(32-18)25-20(27)19(26-31-12-15-3-1-2-9-23-15)14-4-6-16(7-5-14)33(28,29)17-8-10-30-13-17/h1-7,9,11,17H,8,10,12-13H2,(H,24,25,27)/t17-/m0/s1. The molecule has 1 saturated heterocycles. The highest BCUT2D eigenvalue weighted by Gasteiger charge is 2.31.